The fraction of sp³-hybridized carbons (Fsp3) is 0.333. The van der Waals surface area contributed by atoms with Gasteiger partial charge in [0.2, 0.25) is 0 Å². The summed E-state index contributed by atoms with van der Waals surface area (Å²) in [5.74, 6) is 1.14. The maximum Gasteiger partial charge on any atom is 0.252 e. The topological polar surface area (TPSA) is 63.2 Å². The summed E-state index contributed by atoms with van der Waals surface area (Å²) in [7, 11) is 1.65. The number of methoxy groups -OCH3 is 1. The molecule has 0 saturated heterocycles. The van der Waals surface area contributed by atoms with Gasteiger partial charge in [-0.25, -0.2) is 0 Å². The molecule has 0 atom stereocenters. The molecule has 2 aromatic rings. The summed E-state index contributed by atoms with van der Waals surface area (Å²) in [6.45, 7) is 5.37. The standard InChI is InChI=1S/C18H23N3O2/c1-13(2)9-21-18(22)15-8-16(12-19-10-15)20-11-14-6-4-5-7-17(14)23-3/h4-8,10,12-13,20H,9,11H2,1-3H3,(H,21,22). The van der Waals surface area contributed by atoms with Crippen molar-refractivity contribution in [3.05, 3.63) is 53.9 Å². The van der Waals surface area contributed by atoms with E-state index in [1.54, 1.807) is 25.6 Å². The normalized spacial score (nSPS) is 10.4. The smallest absolute Gasteiger partial charge is 0.252 e. The maximum absolute atomic E-state index is 12.1. The molecule has 1 amide bonds. The van der Waals surface area contributed by atoms with Crippen molar-refractivity contribution in [2.24, 2.45) is 5.92 Å². The first-order valence-corrected chi connectivity index (χ1v) is 7.69. The molecule has 0 saturated carbocycles. The number of para-hydroxylation sites is 1. The molecular formula is C18H23N3O2. The van der Waals surface area contributed by atoms with Crippen LogP contribution in [-0.2, 0) is 6.54 Å². The molecule has 1 heterocycles. The van der Waals surface area contributed by atoms with Gasteiger partial charge in [-0.3, -0.25) is 9.78 Å². The van der Waals surface area contributed by atoms with Crippen molar-refractivity contribution < 1.29 is 9.53 Å². The Labute approximate surface area is 137 Å². The van der Waals surface area contributed by atoms with Crippen LogP contribution in [0.2, 0.25) is 0 Å². The number of nitrogens with zero attached hydrogens (tertiary/aromatic N) is 1. The molecule has 0 aliphatic rings. The van der Waals surface area contributed by atoms with Crippen LogP contribution in [0, 0.1) is 5.92 Å². The van der Waals surface area contributed by atoms with Crippen molar-refractivity contribution in [2.75, 3.05) is 19.0 Å². The molecule has 1 aromatic carbocycles. The van der Waals surface area contributed by atoms with Gasteiger partial charge in [-0.15, -0.1) is 0 Å². The molecule has 5 nitrogen and oxygen atoms in total. The van der Waals surface area contributed by atoms with Gasteiger partial charge in [0.1, 0.15) is 5.75 Å². The van der Waals surface area contributed by atoms with Gasteiger partial charge in [-0.2, -0.15) is 0 Å². The van der Waals surface area contributed by atoms with Crippen LogP contribution < -0.4 is 15.4 Å². The summed E-state index contributed by atoms with van der Waals surface area (Å²) in [5, 5.41) is 6.16. The van der Waals surface area contributed by atoms with Crippen molar-refractivity contribution in [1.82, 2.24) is 10.3 Å². The van der Waals surface area contributed by atoms with Gasteiger partial charge in [-0.05, 0) is 18.1 Å². The number of benzene rings is 1. The lowest BCUT2D eigenvalue weighted by molar-refractivity contribution is 0.0948. The second-order valence-electron chi connectivity index (χ2n) is 5.73. The highest BCUT2D eigenvalue weighted by molar-refractivity contribution is 5.94. The Morgan fingerprint density at radius 2 is 2.04 bits per heavy atom. The number of pyridine rings is 1. The van der Waals surface area contributed by atoms with Crippen molar-refractivity contribution in [3.8, 4) is 5.75 Å². The minimum atomic E-state index is -0.104. The lowest BCUT2D eigenvalue weighted by atomic mass is 10.2. The highest BCUT2D eigenvalue weighted by Crippen LogP contribution is 2.19. The molecule has 5 heteroatoms. The molecule has 0 spiro atoms. The van der Waals surface area contributed by atoms with Crippen molar-refractivity contribution >= 4 is 11.6 Å². The Kier molecular flexibility index (Phi) is 5.97. The fourth-order valence-corrected chi connectivity index (χ4v) is 2.11. The third-order valence-electron chi connectivity index (χ3n) is 3.35. The van der Waals surface area contributed by atoms with Crippen LogP contribution in [0.1, 0.15) is 29.8 Å². The van der Waals surface area contributed by atoms with Crippen molar-refractivity contribution in [3.63, 3.8) is 0 Å². The number of rotatable bonds is 7. The molecular weight excluding hydrogens is 290 g/mol. The molecule has 2 rings (SSSR count). The molecule has 0 bridgehead atoms. The molecule has 0 aliphatic heterocycles. The molecule has 0 aliphatic carbocycles. The predicted octanol–water partition coefficient (Wildman–Crippen LogP) is 3.09. The van der Waals surface area contributed by atoms with Gasteiger partial charge in [-0.1, -0.05) is 32.0 Å². The highest BCUT2D eigenvalue weighted by Gasteiger charge is 2.08. The summed E-state index contributed by atoms with van der Waals surface area (Å²) >= 11 is 0. The molecule has 0 unspecified atom stereocenters. The van der Waals surface area contributed by atoms with Gasteiger partial charge in [0, 0.05) is 31.0 Å². The van der Waals surface area contributed by atoms with E-state index in [2.05, 4.69) is 29.5 Å². The molecule has 0 fully saturated rings. The number of aromatic nitrogens is 1. The second-order valence-corrected chi connectivity index (χ2v) is 5.73. The van der Waals surface area contributed by atoms with E-state index in [1.807, 2.05) is 24.3 Å². The van der Waals surface area contributed by atoms with E-state index in [1.165, 1.54) is 0 Å². The first-order valence-electron chi connectivity index (χ1n) is 7.69. The number of hydrogen-bond acceptors (Lipinski definition) is 4. The SMILES string of the molecule is COc1ccccc1CNc1cncc(C(=O)NCC(C)C)c1. The van der Waals surface area contributed by atoms with E-state index in [0.29, 0.717) is 24.6 Å². The number of ether oxygens (including phenoxy) is 1. The largest absolute Gasteiger partial charge is 0.496 e. The van der Waals surface area contributed by atoms with Gasteiger partial charge in [0.25, 0.3) is 5.91 Å². The molecule has 2 N–H and O–H groups in total. The quantitative estimate of drug-likeness (QED) is 0.824. The molecule has 0 radical (unpaired) electrons. The minimum absolute atomic E-state index is 0.104. The average molecular weight is 313 g/mol. The lowest BCUT2D eigenvalue weighted by Gasteiger charge is -2.11. The van der Waals surface area contributed by atoms with Crippen LogP contribution in [0.25, 0.3) is 0 Å². The zero-order valence-electron chi connectivity index (χ0n) is 13.8. The van der Waals surface area contributed by atoms with E-state index < -0.39 is 0 Å². The Morgan fingerprint density at radius 3 is 2.78 bits per heavy atom. The molecule has 122 valence electrons. The predicted molar refractivity (Wildman–Crippen MR) is 91.7 cm³/mol. The Balaban J connectivity index is 2.01. The number of anilines is 1. The zero-order valence-corrected chi connectivity index (χ0v) is 13.8. The number of hydrogen-bond donors (Lipinski definition) is 2. The van der Waals surface area contributed by atoms with Crippen LogP contribution >= 0.6 is 0 Å². The van der Waals surface area contributed by atoms with E-state index in [9.17, 15) is 4.79 Å². The summed E-state index contributed by atoms with van der Waals surface area (Å²) in [4.78, 5) is 16.2. The van der Waals surface area contributed by atoms with Gasteiger partial charge >= 0.3 is 0 Å². The Bertz CT molecular complexity index is 656. The second kappa shape index (κ2) is 8.17. The first-order chi connectivity index (χ1) is 11.1. The Hall–Kier alpha value is -2.56. The Morgan fingerprint density at radius 1 is 1.26 bits per heavy atom. The number of nitrogens with one attached hydrogen (secondary N) is 2. The van der Waals surface area contributed by atoms with Gasteiger partial charge in [0.15, 0.2) is 0 Å². The van der Waals surface area contributed by atoms with E-state index in [-0.39, 0.29) is 5.91 Å². The summed E-state index contributed by atoms with van der Waals surface area (Å²) < 4.78 is 5.33. The first kappa shape index (κ1) is 16.8. The summed E-state index contributed by atoms with van der Waals surface area (Å²) in [6.07, 6.45) is 3.28. The molecule has 23 heavy (non-hydrogen) atoms. The third-order valence-corrected chi connectivity index (χ3v) is 3.35. The van der Waals surface area contributed by atoms with Gasteiger partial charge < -0.3 is 15.4 Å². The van der Waals surface area contributed by atoms with Crippen molar-refractivity contribution in [2.45, 2.75) is 20.4 Å². The summed E-state index contributed by atoms with van der Waals surface area (Å²) in [6, 6.07) is 9.62. The fourth-order valence-electron chi connectivity index (χ4n) is 2.11. The lowest BCUT2D eigenvalue weighted by Crippen LogP contribution is -2.27. The highest BCUT2D eigenvalue weighted by atomic mass is 16.5. The maximum atomic E-state index is 12.1. The van der Waals surface area contributed by atoms with Crippen LogP contribution in [0.3, 0.4) is 0 Å². The van der Waals surface area contributed by atoms with Crippen LogP contribution in [-0.4, -0.2) is 24.5 Å². The average Bonchev–Trinajstić information content (AvgIpc) is 2.58. The van der Waals surface area contributed by atoms with Crippen LogP contribution in [0.15, 0.2) is 42.7 Å². The zero-order chi connectivity index (χ0) is 16.7. The minimum Gasteiger partial charge on any atom is -0.496 e. The van der Waals surface area contributed by atoms with Gasteiger partial charge in [0.05, 0.1) is 18.4 Å². The molecule has 1 aromatic heterocycles. The van der Waals surface area contributed by atoms with Crippen molar-refractivity contribution in [1.29, 1.82) is 0 Å². The van der Waals surface area contributed by atoms with E-state index in [0.717, 1.165) is 17.0 Å². The van der Waals surface area contributed by atoms with Crippen LogP contribution in [0.4, 0.5) is 5.69 Å². The number of carbonyl (C=O) groups is 1. The van der Waals surface area contributed by atoms with E-state index >= 15 is 0 Å². The number of amides is 1. The van der Waals surface area contributed by atoms with E-state index in [4.69, 9.17) is 4.74 Å². The monoisotopic (exact) mass is 313 g/mol. The third kappa shape index (κ3) is 4.98. The van der Waals surface area contributed by atoms with Crippen LogP contribution in [0.5, 0.6) is 5.75 Å². The summed E-state index contributed by atoms with van der Waals surface area (Å²) in [5.41, 5.74) is 2.40. The number of carbonyl (C=O) groups excluding carboxylic acids is 1.